The first kappa shape index (κ1) is 23.2. The SMILES string of the molecule is CCOC(=O)C1CC(c2nnc(-c3cc(Cl)c(N)c4c3OCCO4)o2)CCN1C1CCNCC1. The van der Waals surface area contributed by atoms with Crippen molar-refractivity contribution < 1.29 is 23.4 Å². The quantitative estimate of drug-likeness (QED) is 0.476. The van der Waals surface area contributed by atoms with Gasteiger partial charge in [0.2, 0.25) is 5.89 Å². The van der Waals surface area contributed by atoms with E-state index in [1.54, 1.807) is 6.07 Å². The van der Waals surface area contributed by atoms with Crippen LogP contribution in [0.5, 0.6) is 11.5 Å². The maximum absolute atomic E-state index is 12.9. The van der Waals surface area contributed by atoms with Crippen molar-refractivity contribution in [3.8, 4) is 23.0 Å². The highest BCUT2D eigenvalue weighted by Gasteiger charge is 2.40. The topological polar surface area (TPSA) is 125 Å². The number of aromatic nitrogens is 2. The number of rotatable bonds is 5. The fourth-order valence-electron chi connectivity index (χ4n) is 5.12. The number of anilines is 1. The molecule has 2 fully saturated rings. The fourth-order valence-corrected chi connectivity index (χ4v) is 5.31. The maximum Gasteiger partial charge on any atom is 0.323 e. The van der Waals surface area contributed by atoms with Crippen molar-refractivity contribution in [3.05, 3.63) is 17.0 Å². The van der Waals surface area contributed by atoms with E-state index in [1.165, 1.54) is 0 Å². The molecule has 0 bridgehead atoms. The first-order valence-corrected chi connectivity index (χ1v) is 12.3. The Labute approximate surface area is 203 Å². The molecule has 11 heteroatoms. The predicted octanol–water partition coefficient (Wildman–Crippen LogP) is 2.61. The predicted molar refractivity (Wildman–Crippen MR) is 125 cm³/mol. The van der Waals surface area contributed by atoms with E-state index in [2.05, 4.69) is 20.4 Å². The second kappa shape index (κ2) is 9.97. The molecule has 184 valence electrons. The molecule has 2 saturated heterocycles. The molecule has 0 aliphatic carbocycles. The lowest BCUT2D eigenvalue weighted by atomic mass is 9.88. The minimum absolute atomic E-state index is 0.0501. The van der Waals surface area contributed by atoms with Crippen LogP contribution < -0.4 is 20.5 Å². The van der Waals surface area contributed by atoms with Crippen LogP contribution in [0.4, 0.5) is 5.69 Å². The Balaban J connectivity index is 1.39. The second-order valence-electron chi connectivity index (χ2n) is 8.83. The summed E-state index contributed by atoms with van der Waals surface area (Å²) in [6, 6.07) is 1.70. The molecule has 10 nitrogen and oxygen atoms in total. The summed E-state index contributed by atoms with van der Waals surface area (Å²) < 4.78 is 23.0. The Kier molecular flexibility index (Phi) is 6.80. The lowest BCUT2D eigenvalue weighted by Gasteiger charge is -2.43. The number of carbonyl (C=O) groups excluding carboxylic acids is 1. The molecule has 5 rings (SSSR count). The highest BCUT2D eigenvalue weighted by atomic mass is 35.5. The molecule has 0 spiro atoms. The maximum atomic E-state index is 12.9. The van der Waals surface area contributed by atoms with Crippen molar-refractivity contribution in [2.24, 2.45) is 0 Å². The summed E-state index contributed by atoms with van der Waals surface area (Å²) in [6.45, 7) is 5.67. The molecule has 2 unspecified atom stereocenters. The van der Waals surface area contributed by atoms with E-state index < -0.39 is 0 Å². The van der Waals surface area contributed by atoms with Crippen LogP contribution in [-0.4, -0.2) is 72.6 Å². The number of likely N-dealkylation sites (tertiary alicyclic amines) is 1. The number of fused-ring (bicyclic) bond motifs is 1. The molecule has 1 aromatic carbocycles. The third-order valence-corrected chi connectivity index (χ3v) is 7.11. The highest BCUT2D eigenvalue weighted by Crippen LogP contribution is 2.47. The molecule has 1 aromatic heterocycles. The molecular formula is C23H30ClN5O5. The number of hydrogen-bond acceptors (Lipinski definition) is 10. The van der Waals surface area contributed by atoms with E-state index in [1.807, 2.05) is 6.92 Å². The molecule has 2 atom stereocenters. The summed E-state index contributed by atoms with van der Waals surface area (Å²) >= 11 is 6.32. The summed E-state index contributed by atoms with van der Waals surface area (Å²) in [5.74, 6) is 1.39. The van der Waals surface area contributed by atoms with Crippen molar-refractivity contribution in [2.45, 2.75) is 50.6 Å². The number of nitrogens with one attached hydrogen (secondary N) is 1. The van der Waals surface area contributed by atoms with Crippen molar-refractivity contribution in [1.82, 2.24) is 20.4 Å². The molecule has 3 aliphatic heterocycles. The average Bonchev–Trinajstić information content (AvgIpc) is 3.37. The summed E-state index contributed by atoms with van der Waals surface area (Å²) in [6.07, 6.45) is 3.44. The monoisotopic (exact) mass is 491 g/mol. The molecule has 3 N–H and O–H groups in total. The highest BCUT2D eigenvalue weighted by molar-refractivity contribution is 6.34. The number of ether oxygens (including phenoxy) is 3. The summed E-state index contributed by atoms with van der Waals surface area (Å²) in [5.41, 5.74) is 6.92. The molecule has 3 aliphatic rings. The van der Waals surface area contributed by atoms with E-state index in [0.717, 1.165) is 38.9 Å². The number of carbonyl (C=O) groups is 1. The van der Waals surface area contributed by atoms with Gasteiger partial charge in [-0.2, -0.15) is 0 Å². The molecular weight excluding hydrogens is 462 g/mol. The number of nitrogens with two attached hydrogens (primary N) is 1. The second-order valence-corrected chi connectivity index (χ2v) is 9.24. The lowest BCUT2D eigenvalue weighted by molar-refractivity contribution is -0.153. The summed E-state index contributed by atoms with van der Waals surface area (Å²) in [5, 5.41) is 12.3. The molecule has 0 saturated carbocycles. The zero-order valence-electron chi connectivity index (χ0n) is 19.2. The van der Waals surface area contributed by atoms with Gasteiger partial charge in [-0.05, 0) is 51.8 Å². The first-order valence-electron chi connectivity index (χ1n) is 11.9. The Bertz CT molecular complexity index is 1040. The molecule has 0 amide bonds. The van der Waals surface area contributed by atoms with E-state index in [0.29, 0.717) is 65.9 Å². The van der Waals surface area contributed by atoms with Gasteiger partial charge in [-0.25, -0.2) is 0 Å². The number of nitrogens with zero attached hydrogens (tertiary/aromatic N) is 3. The third-order valence-electron chi connectivity index (χ3n) is 6.80. The average molecular weight is 492 g/mol. The van der Waals surface area contributed by atoms with E-state index in [-0.39, 0.29) is 23.8 Å². The van der Waals surface area contributed by atoms with E-state index in [9.17, 15) is 4.79 Å². The van der Waals surface area contributed by atoms with Gasteiger partial charge in [0.05, 0.1) is 22.9 Å². The normalized spacial score (nSPS) is 23.6. The summed E-state index contributed by atoms with van der Waals surface area (Å²) in [7, 11) is 0. The number of hydrogen-bond donors (Lipinski definition) is 2. The van der Waals surface area contributed by atoms with Crippen molar-refractivity contribution in [3.63, 3.8) is 0 Å². The van der Waals surface area contributed by atoms with E-state index in [4.69, 9.17) is 36.0 Å². The van der Waals surface area contributed by atoms with Gasteiger partial charge in [0.25, 0.3) is 5.89 Å². The van der Waals surface area contributed by atoms with Crippen molar-refractivity contribution in [2.75, 3.05) is 45.2 Å². The van der Waals surface area contributed by atoms with Gasteiger partial charge < -0.3 is 29.7 Å². The minimum atomic E-state index is -0.326. The van der Waals surface area contributed by atoms with Crippen LogP contribution >= 0.6 is 11.6 Å². The van der Waals surface area contributed by atoms with Crippen LogP contribution in [0, 0.1) is 0 Å². The lowest BCUT2D eigenvalue weighted by Crippen LogP contribution is -2.54. The largest absolute Gasteiger partial charge is 0.485 e. The number of benzene rings is 1. The third kappa shape index (κ3) is 4.42. The minimum Gasteiger partial charge on any atom is -0.485 e. The smallest absolute Gasteiger partial charge is 0.323 e. The fraction of sp³-hybridized carbons (Fsp3) is 0.609. The van der Waals surface area contributed by atoms with Crippen LogP contribution in [0.3, 0.4) is 0 Å². The summed E-state index contributed by atoms with van der Waals surface area (Å²) in [4.78, 5) is 15.2. The Morgan fingerprint density at radius 3 is 2.76 bits per heavy atom. The van der Waals surface area contributed by atoms with Gasteiger partial charge >= 0.3 is 5.97 Å². The van der Waals surface area contributed by atoms with E-state index >= 15 is 0 Å². The molecule has 2 aromatic rings. The number of nitrogen functional groups attached to an aromatic ring is 1. The van der Waals surface area contributed by atoms with Crippen LogP contribution in [0.2, 0.25) is 5.02 Å². The van der Waals surface area contributed by atoms with Crippen LogP contribution in [-0.2, 0) is 9.53 Å². The zero-order chi connectivity index (χ0) is 23.7. The van der Waals surface area contributed by atoms with Crippen molar-refractivity contribution >= 4 is 23.3 Å². The van der Waals surface area contributed by atoms with Crippen LogP contribution in [0.25, 0.3) is 11.5 Å². The standard InChI is InChI=1S/C23H30ClN5O5/c1-2-31-23(30)17-11-13(5-8-29(17)14-3-6-26-7-4-14)21-27-28-22(34-21)15-12-16(24)18(25)20-19(15)32-9-10-33-20/h12-14,17,26H,2-11,25H2,1H3. The van der Waals surface area contributed by atoms with Crippen LogP contribution in [0.15, 0.2) is 10.5 Å². The Morgan fingerprint density at radius 2 is 2.00 bits per heavy atom. The van der Waals surface area contributed by atoms with Gasteiger partial charge in [0.15, 0.2) is 11.5 Å². The van der Waals surface area contributed by atoms with Crippen LogP contribution in [0.1, 0.15) is 44.4 Å². The molecule has 4 heterocycles. The number of piperidine rings is 2. The van der Waals surface area contributed by atoms with Gasteiger partial charge in [0, 0.05) is 18.5 Å². The Hall–Kier alpha value is -2.56. The Morgan fingerprint density at radius 1 is 1.24 bits per heavy atom. The number of esters is 1. The van der Waals surface area contributed by atoms with Gasteiger partial charge in [-0.3, -0.25) is 9.69 Å². The molecule has 34 heavy (non-hydrogen) atoms. The van der Waals surface area contributed by atoms with Gasteiger partial charge in [0.1, 0.15) is 19.3 Å². The van der Waals surface area contributed by atoms with Crippen molar-refractivity contribution in [1.29, 1.82) is 0 Å². The molecule has 0 radical (unpaired) electrons. The van der Waals surface area contributed by atoms with Gasteiger partial charge in [-0.1, -0.05) is 11.6 Å². The first-order chi connectivity index (χ1) is 16.6. The van der Waals surface area contributed by atoms with Gasteiger partial charge in [-0.15, -0.1) is 10.2 Å². The number of halogens is 1. The zero-order valence-corrected chi connectivity index (χ0v) is 20.0.